The molecule has 0 unspecified atom stereocenters. The molecule has 2 aromatic rings. The minimum absolute atomic E-state index is 0.0188. The van der Waals surface area contributed by atoms with E-state index in [9.17, 15) is 13.2 Å². The van der Waals surface area contributed by atoms with Crippen LogP contribution in [0.3, 0.4) is 0 Å². The first-order chi connectivity index (χ1) is 15.2. The molecule has 0 saturated carbocycles. The number of amides is 1. The van der Waals surface area contributed by atoms with Crippen molar-refractivity contribution >= 4 is 15.9 Å². The smallest absolute Gasteiger partial charge is 0.243 e. The Kier molecular flexibility index (Phi) is 7.92. The Morgan fingerprint density at radius 2 is 1.75 bits per heavy atom. The minimum atomic E-state index is -3.81. The van der Waals surface area contributed by atoms with Gasteiger partial charge in [0.05, 0.1) is 12.0 Å². The zero-order chi connectivity index (χ0) is 23.3. The van der Waals surface area contributed by atoms with Crippen LogP contribution in [-0.2, 0) is 21.4 Å². The van der Waals surface area contributed by atoms with E-state index in [4.69, 9.17) is 4.74 Å². The van der Waals surface area contributed by atoms with Crippen LogP contribution in [0.1, 0.15) is 28.7 Å². The van der Waals surface area contributed by atoms with Crippen molar-refractivity contribution in [1.29, 1.82) is 0 Å². The van der Waals surface area contributed by atoms with Gasteiger partial charge >= 0.3 is 0 Å². The number of nitrogens with zero attached hydrogens (tertiary/aromatic N) is 2. The van der Waals surface area contributed by atoms with Crippen molar-refractivity contribution in [3.63, 3.8) is 0 Å². The molecular formula is C24H33N3O4S. The molecule has 1 aliphatic heterocycles. The number of carbonyl (C=O) groups excluding carboxylic acids is 1. The first-order valence-electron chi connectivity index (χ1n) is 10.9. The van der Waals surface area contributed by atoms with Gasteiger partial charge in [0.25, 0.3) is 0 Å². The van der Waals surface area contributed by atoms with E-state index in [-0.39, 0.29) is 25.4 Å². The number of nitrogens with one attached hydrogen (secondary N) is 1. The Balaban J connectivity index is 1.91. The van der Waals surface area contributed by atoms with Crippen LogP contribution < -0.4 is 10.1 Å². The van der Waals surface area contributed by atoms with E-state index >= 15 is 0 Å². The van der Waals surface area contributed by atoms with E-state index in [1.54, 1.807) is 12.0 Å². The largest absolute Gasteiger partial charge is 0.497 e. The summed E-state index contributed by atoms with van der Waals surface area (Å²) in [6.07, 6.45) is 0.146. The molecule has 0 atom stereocenters. The second-order valence-corrected chi connectivity index (χ2v) is 10.2. The molecule has 0 bridgehead atoms. The van der Waals surface area contributed by atoms with Gasteiger partial charge in [-0.1, -0.05) is 29.8 Å². The van der Waals surface area contributed by atoms with Crippen molar-refractivity contribution in [1.82, 2.24) is 14.5 Å². The molecule has 3 rings (SSSR count). The lowest BCUT2D eigenvalue weighted by Gasteiger charge is -2.29. The van der Waals surface area contributed by atoms with Crippen LogP contribution in [0.25, 0.3) is 0 Å². The van der Waals surface area contributed by atoms with E-state index in [0.29, 0.717) is 34.9 Å². The van der Waals surface area contributed by atoms with Gasteiger partial charge in [0.15, 0.2) is 0 Å². The van der Waals surface area contributed by atoms with Crippen molar-refractivity contribution in [3.05, 3.63) is 58.7 Å². The van der Waals surface area contributed by atoms with Gasteiger partial charge < -0.3 is 15.0 Å². The van der Waals surface area contributed by atoms with E-state index in [2.05, 4.69) is 5.32 Å². The first kappa shape index (κ1) is 24.2. The number of sulfonamides is 1. The Labute approximate surface area is 191 Å². The van der Waals surface area contributed by atoms with Crippen molar-refractivity contribution in [2.24, 2.45) is 0 Å². The molecule has 2 aromatic carbocycles. The van der Waals surface area contributed by atoms with Gasteiger partial charge in [-0.25, -0.2) is 8.42 Å². The second kappa shape index (κ2) is 10.5. The highest BCUT2D eigenvalue weighted by Crippen LogP contribution is 2.27. The van der Waals surface area contributed by atoms with Gasteiger partial charge in [0.2, 0.25) is 15.9 Å². The summed E-state index contributed by atoms with van der Waals surface area (Å²) in [5.41, 5.74) is 3.26. The van der Waals surface area contributed by atoms with Crippen LogP contribution in [0.2, 0.25) is 0 Å². The Hall–Kier alpha value is -2.42. The predicted molar refractivity (Wildman–Crippen MR) is 125 cm³/mol. The monoisotopic (exact) mass is 459 g/mol. The molecule has 0 spiro atoms. The Morgan fingerprint density at radius 1 is 1.09 bits per heavy atom. The standard InChI is InChI=1S/C24H33N3O4S/c1-18-14-19(2)24(20(3)15-18)32(29,30)27(17-21-6-5-7-22(16-21)31-4)11-8-23(28)26-12-9-25-10-13-26/h5-7,14-16,25H,8-13,17H2,1-4H3. The van der Waals surface area contributed by atoms with E-state index in [1.807, 2.05) is 57.2 Å². The highest BCUT2D eigenvalue weighted by atomic mass is 32.2. The molecule has 1 amide bonds. The van der Waals surface area contributed by atoms with Gasteiger partial charge in [-0.15, -0.1) is 0 Å². The van der Waals surface area contributed by atoms with Crippen molar-refractivity contribution in [3.8, 4) is 5.75 Å². The summed E-state index contributed by atoms with van der Waals surface area (Å²) < 4.78 is 34.3. The second-order valence-electron chi connectivity index (χ2n) is 8.30. The number of piperazine rings is 1. The third-order valence-corrected chi connectivity index (χ3v) is 7.89. The summed E-state index contributed by atoms with van der Waals surface area (Å²) in [5, 5.41) is 3.23. The molecule has 0 radical (unpaired) electrons. The predicted octanol–water partition coefficient (Wildman–Crippen LogP) is 2.63. The van der Waals surface area contributed by atoms with Gasteiger partial charge in [-0.2, -0.15) is 4.31 Å². The van der Waals surface area contributed by atoms with Crippen LogP contribution in [0, 0.1) is 20.8 Å². The molecule has 7 nitrogen and oxygen atoms in total. The molecule has 1 fully saturated rings. The minimum Gasteiger partial charge on any atom is -0.497 e. The van der Waals surface area contributed by atoms with Crippen LogP contribution in [-0.4, -0.2) is 63.4 Å². The van der Waals surface area contributed by atoms with E-state index in [0.717, 1.165) is 24.2 Å². The lowest BCUT2D eigenvalue weighted by molar-refractivity contribution is -0.131. The van der Waals surface area contributed by atoms with Crippen molar-refractivity contribution in [2.45, 2.75) is 38.6 Å². The molecule has 8 heteroatoms. The number of rotatable bonds is 8. The molecule has 1 saturated heterocycles. The van der Waals surface area contributed by atoms with Gasteiger partial charge in [0, 0.05) is 45.7 Å². The number of carbonyl (C=O) groups is 1. The summed E-state index contributed by atoms with van der Waals surface area (Å²) in [4.78, 5) is 14.9. The number of hydrogen-bond donors (Lipinski definition) is 1. The fourth-order valence-electron chi connectivity index (χ4n) is 4.25. The number of hydrogen-bond acceptors (Lipinski definition) is 5. The molecule has 0 aliphatic carbocycles. The van der Waals surface area contributed by atoms with Gasteiger partial charge in [-0.3, -0.25) is 4.79 Å². The fraction of sp³-hybridized carbons (Fsp3) is 0.458. The first-order valence-corrected chi connectivity index (χ1v) is 12.4. The van der Waals surface area contributed by atoms with Crippen LogP contribution in [0.5, 0.6) is 5.75 Å². The quantitative estimate of drug-likeness (QED) is 0.657. The Bertz CT molecular complexity index is 1040. The van der Waals surface area contributed by atoms with Crippen LogP contribution >= 0.6 is 0 Å². The summed E-state index contributed by atoms with van der Waals surface area (Å²) in [5.74, 6) is 0.647. The number of benzene rings is 2. The van der Waals surface area contributed by atoms with Crippen LogP contribution in [0.15, 0.2) is 41.3 Å². The molecule has 32 heavy (non-hydrogen) atoms. The van der Waals surface area contributed by atoms with Gasteiger partial charge in [0.1, 0.15) is 5.75 Å². The van der Waals surface area contributed by atoms with Crippen molar-refractivity contribution in [2.75, 3.05) is 39.8 Å². The molecule has 1 N–H and O–H groups in total. The molecule has 1 heterocycles. The number of methoxy groups -OCH3 is 1. The maximum atomic E-state index is 13.8. The highest BCUT2D eigenvalue weighted by molar-refractivity contribution is 7.89. The maximum Gasteiger partial charge on any atom is 0.243 e. The lowest BCUT2D eigenvalue weighted by Crippen LogP contribution is -2.47. The third-order valence-electron chi connectivity index (χ3n) is 5.74. The molecule has 1 aliphatic rings. The van der Waals surface area contributed by atoms with Crippen molar-refractivity contribution < 1.29 is 17.9 Å². The third kappa shape index (κ3) is 5.68. The summed E-state index contributed by atoms with van der Waals surface area (Å²) in [6, 6.07) is 11.1. The SMILES string of the molecule is COc1cccc(CN(CCC(=O)N2CCNCC2)S(=O)(=O)c2c(C)cc(C)cc2C)c1. The molecule has 0 aromatic heterocycles. The normalized spacial score (nSPS) is 14.6. The molecule has 174 valence electrons. The Morgan fingerprint density at radius 3 is 2.38 bits per heavy atom. The van der Waals surface area contributed by atoms with Gasteiger partial charge in [-0.05, 0) is 49.6 Å². The average molecular weight is 460 g/mol. The average Bonchev–Trinajstić information content (AvgIpc) is 2.76. The number of aryl methyl sites for hydroxylation is 3. The summed E-state index contributed by atoms with van der Waals surface area (Å²) in [6.45, 7) is 8.71. The van der Waals surface area contributed by atoms with Crippen LogP contribution in [0.4, 0.5) is 0 Å². The zero-order valence-electron chi connectivity index (χ0n) is 19.3. The summed E-state index contributed by atoms with van der Waals surface area (Å²) >= 11 is 0. The highest BCUT2D eigenvalue weighted by Gasteiger charge is 2.29. The summed E-state index contributed by atoms with van der Waals surface area (Å²) in [7, 11) is -2.23. The van der Waals surface area contributed by atoms with E-state index in [1.165, 1.54) is 4.31 Å². The zero-order valence-corrected chi connectivity index (χ0v) is 20.2. The lowest BCUT2D eigenvalue weighted by atomic mass is 10.1. The van der Waals surface area contributed by atoms with E-state index < -0.39 is 10.0 Å². The topological polar surface area (TPSA) is 79.0 Å². The fourth-order valence-corrected chi connectivity index (χ4v) is 6.09. The molecular weight excluding hydrogens is 426 g/mol. The number of ether oxygens (including phenoxy) is 1. The maximum absolute atomic E-state index is 13.8.